The summed E-state index contributed by atoms with van der Waals surface area (Å²) in [6.45, 7) is 2.07. The maximum atomic E-state index is 10.9. The largest absolute Gasteiger partial charge is 0.493 e. The standard InChI is InChI=1S/C15H16N2O4/c1-3-4-11-8-14(17-9-16-11)21-12-6-5-10(15(18)19)7-13(12)20-2/h5-9H,3-4H2,1-2H3,(H,18,19). The number of methoxy groups -OCH3 is 1. The molecule has 0 aliphatic heterocycles. The second-order valence-corrected chi connectivity index (χ2v) is 4.37. The van der Waals surface area contributed by atoms with Gasteiger partial charge in [-0.15, -0.1) is 0 Å². The molecule has 0 aliphatic rings. The molecule has 21 heavy (non-hydrogen) atoms. The molecule has 0 saturated carbocycles. The molecule has 6 heteroatoms. The van der Waals surface area contributed by atoms with Crippen LogP contribution in [0.15, 0.2) is 30.6 Å². The summed E-state index contributed by atoms with van der Waals surface area (Å²) in [6.07, 6.45) is 3.26. The summed E-state index contributed by atoms with van der Waals surface area (Å²) in [5, 5.41) is 8.96. The van der Waals surface area contributed by atoms with Crippen molar-refractivity contribution in [2.24, 2.45) is 0 Å². The van der Waals surface area contributed by atoms with Gasteiger partial charge >= 0.3 is 5.97 Å². The van der Waals surface area contributed by atoms with E-state index in [2.05, 4.69) is 16.9 Å². The molecule has 2 aromatic rings. The number of hydrogen-bond donors (Lipinski definition) is 1. The predicted molar refractivity (Wildman–Crippen MR) is 76.1 cm³/mol. The van der Waals surface area contributed by atoms with Crippen LogP contribution in [0, 0.1) is 0 Å². The third kappa shape index (κ3) is 3.68. The van der Waals surface area contributed by atoms with E-state index >= 15 is 0 Å². The number of ether oxygens (including phenoxy) is 2. The molecule has 1 N–H and O–H groups in total. The molecule has 0 unspecified atom stereocenters. The van der Waals surface area contributed by atoms with E-state index in [-0.39, 0.29) is 5.56 Å². The summed E-state index contributed by atoms with van der Waals surface area (Å²) < 4.78 is 10.8. The van der Waals surface area contributed by atoms with Crippen LogP contribution < -0.4 is 9.47 Å². The summed E-state index contributed by atoms with van der Waals surface area (Å²) in [5.74, 6) is 0.121. The van der Waals surface area contributed by atoms with E-state index < -0.39 is 5.97 Å². The van der Waals surface area contributed by atoms with E-state index in [0.717, 1.165) is 18.5 Å². The third-order valence-electron chi connectivity index (χ3n) is 2.83. The fourth-order valence-corrected chi connectivity index (χ4v) is 1.82. The topological polar surface area (TPSA) is 81.5 Å². The summed E-state index contributed by atoms with van der Waals surface area (Å²) in [4.78, 5) is 19.1. The molecule has 0 amide bonds. The Morgan fingerprint density at radius 1 is 1.24 bits per heavy atom. The van der Waals surface area contributed by atoms with Gasteiger partial charge in [0.1, 0.15) is 6.33 Å². The lowest BCUT2D eigenvalue weighted by atomic mass is 10.2. The highest BCUT2D eigenvalue weighted by atomic mass is 16.5. The number of benzene rings is 1. The molecular weight excluding hydrogens is 272 g/mol. The predicted octanol–water partition coefficient (Wildman–Crippen LogP) is 2.93. The van der Waals surface area contributed by atoms with Gasteiger partial charge in [0.2, 0.25) is 5.88 Å². The van der Waals surface area contributed by atoms with Crippen molar-refractivity contribution in [1.82, 2.24) is 9.97 Å². The van der Waals surface area contributed by atoms with Gasteiger partial charge < -0.3 is 14.6 Å². The highest BCUT2D eigenvalue weighted by molar-refractivity contribution is 5.88. The van der Waals surface area contributed by atoms with Crippen LogP contribution in [0.3, 0.4) is 0 Å². The van der Waals surface area contributed by atoms with Crippen molar-refractivity contribution < 1.29 is 19.4 Å². The number of carboxylic acids is 1. The summed E-state index contributed by atoms with van der Waals surface area (Å²) in [6, 6.07) is 6.16. The van der Waals surface area contributed by atoms with Gasteiger partial charge in [-0.25, -0.2) is 14.8 Å². The Morgan fingerprint density at radius 2 is 2.05 bits per heavy atom. The Kier molecular flexibility index (Phi) is 4.71. The molecule has 0 atom stereocenters. The molecule has 2 rings (SSSR count). The van der Waals surface area contributed by atoms with Crippen molar-refractivity contribution in [1.29, 1.82) is 0 Å². The fourth-order valence-electron chi connectivity index (χ4n) is 1.82. The normalized spacial score (nSPS) is 10.2. The lowest BCUT2D eigenvalue weighted by molar-refractivity contribution is 0.0696. The van der Waals surface area contributed by atoms with Crippen molar-refractivity contribution in [2.75, 3.05) is 7.11 Å². The molecule has 0 aliphatic carbocycles. The quantitative estimate of drug-likeness (QED) is 0.880. The zero-order chi connectivity index (χ0) is 15.2. The van der Waals surface area contributed by atoms with Gasteiger partial charge in [-0.05, 0) is 24.6 Å². The smallest absolute Gasteiger partial charge is 0.335 e. The first-order valence-corrected chi connectivity index (χ1v) is 6.54. The highest BCUT2D eigenvalue weighted by Crippen LogP contribution is 2.31. The van der Waals surface area contributed by atoms with Gasteiger partial charge in [0.15, 0.2) is 11.5 Å². The van der Waals surface area contributed by atoms with Crippen molar-refractivity contribution in [3.8, 4) is 17.4 Å². The van der Waals surface area contributed by atoms with Crippen molar-refractivity contribution >= 4 is 5.97 Å². The molecule has 110 valence electrons. The Hall–Kier alpha value is -2.63. The second-order valence-electron chi connectivity index (χ2n) is 4.37. The van der Waals surface area contributed by atoms with Gasteiger partial charge in [0.25, 0.3) is 0 Å². The lowest BCUT2D eigenvalue weighted by Gasteiger charge is -2.10. The average Bonchev–Trinajstić information content (AvgIpc) is 2.48. The monoisotopic (exact) mass is 288 g/mol. The van der Waals surface area contributed by atoms with Crippen LogP contribution in [0.4, 0.5) is 0 Å². The van der Waals surface area contributed by atoms with Crippen LogP contribution in [0.2, 0.25) is 0 Å². The molecule has 0 bridgehead atoms. The van der Waals surface area contributed by atoms with Crippen molar-refractivity contribution in [3.05, 3.63) is 41.9 Å². The lowest BCUT2D eigenvalue weighted by Crippen LogP contribution is -1.99. The van der Waals surface area contributed by atoms with Gasteiger partial charge in [-0.3, -0.25) is 0 Å². The van der Waals surface area contributed by atoms with E-state index in [1.807, 2.05) is 0 Å². The van der Waals surface area contributed by atoms with Crippen LogP contribution in [-0.4, -0.2) is 28.2 Å². The summed E-state index contributed by atoms with van der Waals surface area (Å²) >= 11 is 0. The highest BCUT2D eigenvalue weighted by Gasteiger charge is 2.11. The van der Waals surface area contributed by atoms with Gasteiger partial charge in [-0.2, -0.15) is 0 Å². The second kappa shape index (κ2) is 6.69. The number of rotatable bonds is 6. The molecular formula is C15H16N2O4. The SMILES string of the molecule is CCCc1cc(Oc2ccc(C(=O)O)cc2OC)ncn1. The third-order valence-corrected chi connectivity index (χ3v) is 2.83. The Morgan fingerprint density at radius 3 is 2.71 bits per heavy atom. The van der Waals surface area contributed by atoms with Crippen LogP contribution in [0.1, 0.15) is 29.4 Å². The minimum atomic E-state index is -1.02. The first-order chi connectivity index (χ1) is 10.1. The summed E-state index contributed by atoms with van der Waals surface area (Å²) in [7, 11) is 1.45. The Labute approximate surface area is 122 Å². The van der Waals surface area contributed by atoms with Crippen LogP contribution in [0.25, 0.3) is 0 Å². The minimum Gasteiger partial charge on any atom is -0.493 e. The number of aromatic nitrogens is 2. The van der Waals surface area contributed by atoms with Crippen LogP contribution in [-0.2, 0) is 6.42 Å². The van der Waals surface area contributed by atoms with E-state index in [9.17, 15) is 4.79 Å². The molecule has 0 fully saturated rings. The number of aryl methyl sites for hydroxylation is 1. The van der Waals surface area contributed by atoms with E-state index in [1.165, 1.54) is 25.6 Å². The van der Waals surface area contributed by atoms with Crippen LogP contribution >= 0.6 is 0 Å². The molecule has 0 saturated heterocycles. The maximum absolute atomic E-state index is 10.9. The maximum Gasteiger partial charge on any atom is 0.335 e. The average molecular weight is 288 g/mol. The van der Waals surface area contributed by atoms with Crippen molar-refractivity contribution in [2.45, 2.75) is 19.8 Å². The molecule has 1 aromatic heterocycles. The number of carbonyl (C=O) groups is 1. The number of nitrogens with zero attached hydrogens (tertiary/aromatic N) is 2. The van der Waals surface area contributed by atoms with E-state index in [0.29, 0.717) is 17.4 Å². The van der Waals surface area contributed by atoms with Gasteiger partial charge in [0.05, 0.1) is 12.7 Å². The molecule has 1 aromatic carbocycles. The molecule has 0 radical (unpaired) electrons. The first-order valence-electron chi connectivity index (χ1n) is 6.54. The molecule has 1 heterocycles. The number of carboxylic acid groups (broad SMARTS) is 1. The van der Waals surface area contributed by atoms with Crippen molar-refractivity contribution in [3.63, 3.8) is 0 Å². The van der Waals surface area contributed by atoms with Gasteiger partial charge in [-0.1, -0.05) is 13.3 Å². The number of aromatic carboxylic acids is 1. The fraction of sp³-hybridized carbons (Fsp3) is 0.267. The number of hydrogen-bond acceptors (Lipinski definition) is 5. The molecule has 0 spiro atoms. The minimum absolute atomic E-state index is 0.133. The zero-order valence-corrected chi connectivity index (χ0v) is 11.9. The van der Waals surface area contributed by atoms with E-state index in [4.69, 9.17) is 14.6 Å². The van der Waals surface area contributed by atoms with Gasteiger partial charge in [0, 0.05) is 11.8 Å². The molecule has 6 nitrogen and oxygen atoms in total. The summed E-state index contributed by atoms with van der Waals surface area (Å²) in [5.41, 5.74) is 1.03. The Balaban J connectivity index is 2.26. The first kappa shape index (κ1) is 14.8. The Bertz CT molecular complexity index is 643. The van der Waals surface area contributed by atoms with E-state index in [1.54, 1.807) is 12.1 Å². The zero-order valence-electron chi connectivity index (χ0n) is 11.9. The van der Waals surface area contributed by atoms with Crippen LogP contribution in [0.5, 0.6) is 17.4 Å².